The quantitative estimate of drug-likeness (QED) is 0.328. The fourth-order valence-corrected chi connectivity index (χ4v) is 2.94. The highest BCUT2D eigenvalue weighted by atomic mass is 16.6. The minimum absolute atomic E-state index is 0.0592. The van der Waals surface area contributed by atoms with Gasteiger partial charge in [0, 0.05) is 28.8 Å². The van der Waals surface area contributed by atoms with Crippen molar-refractivity contribution in [3.05, 3.63) is 101 Å². The van der Waals surface area contributed by atoms with E-state index in [2.05, 4.69) is 0 Å². The first-order chi connectivity index (χ1) is 12.7. The van der Waals surface area contributed by atoms with E-state index in [1.54, 1.807) is 12.1 Å². The summed E-state index contributed by atoms with van der Waals surface area (Å²) in [5.41, 5.74) is 3.53. The van der Waals surface area contributed by atoms with Crippen LogP contribution in [-0.4, -0.2) is 4.92 Å². The summed E-state index contributed by atoms with van der Waals surface area (Å²) in [4.78, 5) is 10.8. The van der Waals surface area contributed by atoms with Gasteiger partial charge in [0.2, 0.25) is 0 Å². The van der Waals surface area contributed by atoms with Gasteiger partial charge in [0.05, 0.1) is 4.92 Å². The maximum absolute atomic E-state index is 11.1. The summed E-state index contributed by atoms with van der Waals surface area (Å²) in [6.45, 7) is 0. The van der Waals surface area contributed by atoms with E-state index >= 15 is 0 Å². The molecule has 4 nitrogen and oxygen atoms in total. The summed E-state index contributed by atoms with van der Waals surface area (Å²) in [6.07, 6.45) is 0. The molecule has 0 aliphatic carbocycles. The van der Waals surface area contributed by atoms with Crippen molar-refractivity contribution >= 4 is 5.69 Å². The number of rotatable bonds is 4. The van der Waals surface area contributed by atoms with Gasteiger partial charge in [0.1, 0.15) is 11.5 Å². The zero-order valence-electron chi connectivity index (χ0n) is 13.8. The third-order valence-electron chi connectivity index (χ3n) is 4.19. The van der Waals surface area contributed by atoms with Crippen LogP contribution in [-0.2, 0) is 0 Å². The summed E-state index contributed by atoms with van der Waals surface area (Å²) in [5, 5.41) is 11.1. The SMILES string of the molecule is O=[N+]([O-])c1cccc(-c2cc(-c3ccccc3)oc2-c2ccccc2)c1. The fourth-order valence-electron chi connectivity index (χ4n) is 2.94. The smallest absolute Gasteiger partial charge is 0.270 e. The van der Waals surface area contributed by atoms with E-state index in [9.17, 15) is 10.1 Å². The monoisotopic (exact) mass is 341 g/mol. The number of nitro groups is 1. The zero-order valence-corrected chi connectivity index (χ0v) is 13.8. The van der Waals surface area contributed by atoms with Crippen molar-refractivity contribution in [2.45, 2.75) is 0 Å². The molecule has 4 rings (SSSR count). The van der Waals surface area contributed by atoms with Crippen molar-refractivity contribution in [1.29, 1.82) is 0 Å². The van der Waals surface area contributed by atoms with Crippen LogP contribution in [0.3, 0.4) is 0 Å². The van der Waals surface area contributed by atoms with Gasteiger partial charge in [-0.15, -0.1) is 0 Å². The second-order valence-corrected chi connectivity index (χ2v) is 5.89. The molecule has 0 saturated heterocycles. The minimum atomic E-state index is -0.385. The van der Waals surface area contributed by atoms with Gasteiger partial charge in [0.25, 0.3) is 5.69 Å². The zero-order chi connectivity index (χ0) is 17.9. The lowest BCUT2D eigenvalue weighted by molar-refractivity contribution is -0.384. The standard InChI is InChI=1S/C22H15NO3/c24-23(25)19-13-7-12-18(14-19)20-15-21(16-8-3-1-4-9-16)26-22(20)17-10-5-2-6-11-17/h1-15H. The van der Waals surface area contributed by atoms with E-state index in [0.29, 0.717) is 5.76 Å². The number of hydrogen-bond acceptors (Lipinski definition) is 3. The molecule has 0 radical (unpaired) electrons. The Hall–Kier alpha value is -3.66. The molecule has 0 N–H and O–H groups in total. The summed E-state index contributed by atoms with van der Waals surface area (Å²) in [5.74, 6) is 1.43. The van der Waals surface area contributed by atoms with Gasteiger partial charge in [-0.1, -0.05) is 72.8 Å². The number of non-ortho nitro benzene ring substituents is 1. The molecule has 4 heteroatoms. The molecule has 1 aromatic heterocycles. The van der Waals surface area contributed by atoms with Crippen molar-refractivity contribution in [1.82, 2.24) is 0 Å². The number of furan rings is 1. The van der Waals surface area contributed by atoms with Gasteiger partial charge in [-0.25, -0.2) is 0 Å². The third-order valence-corrected chi connectivity index (χ3v) is 4.19. The first-order valence-corrected chi connectivity index (χ1v) is 8.22. The molecule has 0 fully saturated rings. The van der Waals surface area contributed by atoms with Crippen LogP contribution in [0.15, 0.2) is 95.4 Å². The molecule has 26 heavy (non-hydrogen) atoms. The number of nitrogens with zero attached hydrogens (tertiary/aromatic N) is 1. The Morgan fingerprint density at radius 1 is 0.692 bits per heavy atom. The maximum atomic E-state index is 11.1. The second kappa shape index (κ2) is 6.69. The Morgan fingerprint density at radius 3 is 1.96 bits per heavy atom. The van der Waals surface area contributed by atoms with Crippen LogP contribution in [0.2, 0.25) is 0 Å². The van der Waals surface area contributed by atoms with E-state index in [4.69, 9.17) is 4.42 Å². The van der Waals surface area contributed by atoms with Gasteiger partial charge < -0.3 is 4.42 Å². The van der Waals surface area contributed by atoms with Gasteiger partial charge in [-0.05, 0) is 11.6 Å². The highest BCUT2D eigenvalue weighted by molar-refractivity contribution is 5.84. The molecule has 0 unspecified atom stereocenters. The Bertz CT molecular complexity index is 1050. The third kappa shape index (κ3) is 3.00. The van der Waals surface area contributed by atoms with Crippen LogP contribution in [0, 0.1) is 10.1 Å². The molecule has 0 aliphatic heterocycles. The molecular formula is C22H15NO3. The van der Waals surface area contributed by atoms with E-state index in [1.807, 2.05) is 72.8 Å². The molecule has 4 aromatic rings. The van der Waals surface area contributed by atoms with Gasteiger partial charge >= 0.3 is 0 Å². The fraction of sp³-hybridized carbons (Fsp3) is 0. The lowest BCUT2D eigenvalue weighted by Gasteiger charge is -2.03. The van der Waals surface area contributed by atoms with Crippen LogP contribution in [0.1, 0.15) is 0 Å². The summed E-state index contributed by atoms with van der Waals surface area (Å²) >= 11 is 0. The summed E-state index contributed by atoms with van der Waals surface area (Å²) in [6, 6.07) is 28.1. The summed E-state index contributed by atoms with van der Waals surface area (Å²) in [7, 11) is 0. The van der Waals surface area contributed by atoms with Crippen molar-refractivity contribution in [3.63, 3.8) is 0 Å². The van der Waals surface area contributed by atoms with E-state index in [0.717, 1.165) is 28.0 Å². The predicted octanol–water partition coefficient (Wildman–Crippen LogP) is 6.19. The molecule has 0 bridgehead atoms. The van der Waals surface area contributed by atoms with Crippen molar-refractivity contribution in [3.8, 4) is 33.8 Å². The molecule has 3 aromatic carbocycles. The topological polar surface area (TPSA) is 56.3 Å². The molecular weight excluding hydrogens is 326 g/mol. The van der Waals surface area contributed by atoms with Crippen molar-refractivity contribution in [2.24, 2.45) is 0 Å². The first-order valence-electron chi connectivity index (χ1n) is 8.22. The van der Waals surface area contributed by atoms with Crippen LogP contribution >= 0.6 is 0 Å². The number of hydrogen-bond donors (Lipinski definition) is 0. The van der Waals surface area contributed by atoms with Crippen LogP contribution in [0.5, 0.6) is 0 Å². The van der Waals surface area contributed by atoms with Crippen LogP contribution in [0.4, 0.5) is 5.69 Å². The Balaban J connectivity index is 1.91. The maximum Gasteiger partial charge on any atom is 0.270 e. The average molecular weight is 341 g/mol. The average Bonchev–Trinajstić information content (AvgIpc) is 3.15. The highest BCUT2D eigenvalue weighted by Crippen LogP contribution is 2.39. The largest absolute Gasteiger partial charge is 0.455 e. The van der Waals surface area contributed by atoms with Crippen LogP contribution in [0.25, 0.3) is 33.8 Å². The van der Waals surface area contributed by atoms with Crippen molar-refractivity contribution < 1.29 is 9.34 Å². The van der Waals surface area contributed by atoms with E-state index in [-0.39, 0.29) is 10.6 Å². The second-order valence-electron chi connectivity index (χ2n) is 5.89. The van der Waals surface area contributed by atoms with Gasteiger partial charge in [0.15, 0.2) is 0 Å². The molecule has 0 saturated carbocycles. The predicted molar refractivity (Wildman–Crippen MR) is 102 cm³/mol. The van der Waals surface area contributed by atoms with Crippen LogP contribution < -0.4 is 0 Å². The molecule has 0 amide bonds. The molecule has 0 atom stereocenters. The Morgan fingerprint density at radius 2 is 1.31 bits per heavy atom. The van der Waals surface area contributed by atoms with E-state index in [1.165, 1.54) is 6.07 Å². The van der Waals surface area contributed by atoms with Gasteiger partial charge in [-0.2, -0.15) is 0 Å². The highest BCUT2D eigenvalue weighted by Gasteiger charge is 2.17. The Labute approximate surface area is 150 Å². The minimum Gasteiger partial charge on any atom is -0.455 e. The van der Waals surface area contributed by atoms with Crippen molar-refractivity contribution in [2.75, 3.05) is 0 Å². The number of benzene rings is 3. The first kappa shape index (κ1) is 15.8. The molecule has 126 valence electrons. The molecule has 0 spiro atoms. The Kier molecular flexibility index (Phi) is 4.07. The molecule has 0 aliphatic rings. The normalized spacial score (nSPS) is 10.6. The lowest BCUT2D eigenvalue weighted by atomic mass is 10.0. The lowest BCUT2D eigenvalue weighted by Crippen LogP contribution is -1.88. The van der Waals surface area contributed by atoms with E-state index < -0.39 is 0 Å². The van der Waals surface area contributed by atoms with Gasteiger partial charge in [-0.3, -0.25) is 10.1 Å². The number of nitro benzene ring substituents is 1. The summed E-state index contributed by atoms with van der Waals surface area (Å²) < 4.78 is 6.17. The molecule has 1 heterocycles.